The summed E-state index contributed by atoms with van der Waals surface area (Å²) in [7, 11) is 0. The highest BCUT2D eigenvalue weighted by molar-refractivity contribution is 5.94. The van der Waals surface area contributed by atoms with Crippen molar-refractivity contribution in [3.05, 3.63) is 54.1 Å². The number of carbonyl (C=O) groups excluding carboxylic acids is 2. The Hall–Kier alpha value is -3.02. The minimum Gasteiger partial charge on any atom is -0.481 e. The predicted molar refractivity (Wildman–Crippen MR) is 106 cm³/mol. The van der Waals surface area contributed by atoms with E-state index in [0.29, 0.717) is 11.3 Å². The van der Waals surface area contributed by atoms with Gasteiger partial charge in [0.05, 0.1) is 0 Å². The number of ether oxygens (including phenoxy) is 1. The Labute approximate surface area is 159 Å². The first-order valence-corrected chi connectivity index (χ1v) is 9.25. The van der Waals surface area contributed by atoms with E-state index in [1.54, 1.807) is 31.2 Å². The van der Waals surface area contributed by atoms with Gasteiger partial charge in [-0.05, 0) is 74.7 Å². The highest BCUT2D eigenvalue weighted by Gasteiger charge is 2.16. The molecular formula is C21H25N3O3. The van der Waals surface area contributed by atoms with Crippen molar-refractivity contribution in [1.82, 2.24) is 0 Å². The predicted octanol–water partition coefficient (Wildman–Crippen LogP) is 3.18. The van der Waals surface area contributed by atoms with E-state index in [1.165, 1.54) is 24.9 Å². The maximum atomic E-state index is 12.4. The zero-order valence-corrected chi connectivity index (χ0v) is 15.5. The van der Waals surface area contributed by atoms with Crippen LogP contribution >= 0.6 is 0 Å². The fourth-order valence-electron chi connectivity index (χ4n) is 3.11. The summed E-state index contributed by atoms with van der Waals surface area (Å²) in [5.74, 6) is -0.233. The second-order valence-corrected chi connectivity index (χ2v) is 6.73. The van der Waals surface area contributed by atoms with Gasteiger partial charge in [-0.3, -0.25) is 9.59 Å². The Bertz CT molecular complexity index is 781. The van der Waals surface area contributed by atoms with Crippen LogP contribution in [0, 0.1) is 0 Å². The zero-order valence-electron chi connectivity index (χ0n) is 15.5. The van der Waals surface area contributed by atoms with Crippen LogP contribution in [0.1, 0.15) is 36.5 Å². The summed E-state index contributed by atoms with van der Waals surface area (Å²) in [5.41, 5.74) is 7.53. The SMILES string of the molecule is C[C@@H](Oc1ccc(C(N)=O)cc1)C(=O)Nc1ccc(N2CCCCC2)cc1. The number of hydrogen-bond donors (Lipinski definition) is 2. The largest absolute Gasteiger partial charge is 0.481 e. The van der Waals surface area contributed by atoms with Crippen molar-refractivity contribution in [3.63, 3.8) is 0 Å². The molecule has 3 N–H and O–H groups in total. The third kappa shape index (κ3) is 5.00. The molecule has 1 aliphatic rings. The van der Waals surface area contributed by atoms with Crippen molar-refractivity contribution in [2.75, 3.05) is 23.3 Å². The van der Waals surface area contributed by atoms with Gasteiger partial charge in [-0.15, -0.1) is 0 Å². The van der Waals surface area contributed by atoms with Crippen molar-refractivity contribution < 1.29 is 14.3 Å². The van der Waals surface area contributed by atoms with E-state index in [-0.39, 0.29) is 5.91 Å². The molecule has 1 saturated heterocycles. The number of amides is 2. The molecule has 2 amide bonds. The minimum absolute atomic E-state index is 0.236. The molecule has 1 heterocycles. The summed E-state index contributed by atoms with van der Waals surface area (Å²) >= 11 is 0. The van der Waals surface area contributed by atoms with Crippen molar-refractivity contribution in [3.8, 4) is 5.75 Å². The lowest BCUT2D eigenvalue weighted by Crippen LogP contribution is -2.30. The Morgan fingerprint density at radius 3 is 2.22 bits per heavy atom. The van der Waals surface area contributed by atoms with Crippen LogP contribution in [0.5, 0.6) is 5.75 Å². The number of rotatable bonds is 6. The molecule has 27 heavy (non-hydrogen) atoms. The molecule has 142 valence electrons. The van der Waals surface area contributed by atoms with Crippen molar-refractivity contribution in [2.45, 2.75) is 32.3 Å². The second-order valence-electron chi connectivity index (χ2n) is 6.73. The Balaban J connectivity index is 1.55. The van der Waals surface area contributed by atoms with Crippen LogP contribution in [0.15, 0.2) is 48.5 Å². The van der Waals surface area contributed by atoms with Crippen LogP contribution in [0.2, 0.25) is 0 Å². The molecule has 0 spiro atoms. The normalized spacial score (nSPS) is 15.1. The number of nitrogens with one attached hydrogen (secondary N) is 1. The molecule has 2 aromatic carbocycles. The average molecular weight is 367 g/mol. The van der Waals surface area contributed by atoms with Gasteiger partial charge >= 0.3 is 0 Å². The van der Waals surface area contributed by atoms with Gasteiger partial charge in [0, 0.05) is 30.0 Å². The molecule has 1 fully saturated rings. The molecule has 6 heteroatoms. The van der Waals surface area contributed by atoms with Crippen LogP contribution in [0.25, 0.3) is 0 Å². The molecule has 0 unspecified atom stereocenters. The number of benzene rings is 2. The van der Waals surface area contributed by atoms with Crippen LogP contribution in [0.4, 0.5) is 11.4 Å². The van der Waals surface area contributed by atoms with Gasteiger partial charge < -0.3 is 20.7 Å². The topological polar surface area (TPSA) is 84.7 Å². The lowest BCUT2D eigenvalue weighted by molar-refractivity contribution is -0.122. The molecule has 1 atom stereocenters. The Kier molecular flexibility index (Phi) is 5.96. The number of carbonyl (C=O) groups is 2. The van der Waals surface area contributed by atoms with E-state index >= 15 is 0 Å². The number of primary amides is 1. The maximum Gasteiger partial charge on any atom is 0.265 e. The van der Waals surface area contributed by atoms with Gasteiger partial charge in [-0.25, -0.2) is 0 Å². The molecule has 6 nitrogen and oxygen atoms in total. The molecular weight excluding hydrogens is 342 g/mol. The fraction of sp³-hybridized carbons (Fsp3) is 0.333. The van der Waals surface area contributed by atoms with E-state index in [0.717, 1.165) is 18.8 Å². The molecule has 0 aromatic heterocycles. The van der Waals surface area contributed by atoms with Crippen LogP contribution in [-0.2, 0) is 4.79 Å². The molecule has 0 radical (unpaired) electrons. The average Bonchev–Trinajstić information content (AvgIpc) is 2.69. The first kappa shape index (κ1) is 18.8. The van der Waals surface area contributed by atoms with E-state index in [4.69, 9.17) is 10.5 Å². The standard InChI is InChI=1S/C21H25N3O3/c1-15(27-19-11-5-16(6-12-19)20(22)25)21(26)23-17-7-9-18(10-8-17)24-13-3-2-4-14-24/h5-12,15H,2-4,13-14H2,1H3,(H2,22,25)(H,23,26)/t15-/m1/s1. The first-order valence-electron chi connectivity index (χ1n) is 9.25. The quantitative estimate of drug-likeness (QED) is 0.821. The number of nitrogens with zero attached hydrogens (tertiary/aromatic N) is 1. The van der Waals surface area contributed by atoms with Gasteiger partial charge in [0.2, 0.25) is 5.91 Å². The Morgan fingerprint density at radius 2 is 1.63 bits per heavy atom. The summed E-state index contributed by atoms with van der Waals surface area (Å²) in [6.45, 7) is 3.86. The summed E-state index contributed by atoms with van der Waals surface area (Å²) in [6.07, 6.45) is 3.08. The third-order valence-corrected chi connectivity index (χ3v) is 4.68. The third-order valence-electron chi connectivity index (χ3n) is 4.68. The highest BCUT2D eigenvalue weighted by atomic mass is 16.5. The van der Waals surface area contributed by atoms with Gasteiger partial charge in [-0.2, -0.15) is 0 Å². The molecule has 0 aliphatic carbocycles. The smallest absolute Gasteiger partial charge is 0.265 e. The molecule has 0 bridgehead atoms. The molecule has 2 aromatic rings. The first-order chi connectivity index (χ1) is 13.0. The number of nitrogens with two attached hydrogens (primary N) is 1. The van der Waals surface area contributed by atoms with Crippen molar-refractivity contribution in [1.29, 1.82) is 0 Å². The lowest BCUT2D eigenvalue weighted by Gasteiger charge is -2.28. The van der Waals surface area contributed by atoms with Crippen molar-refractivity contribution >= 4 is 23.2 Å². The molecule has 0 saturated carbocycles. The Morgan fingerprint density at radius 1 is 1.00 bits per heavy atom. The van der Waals surface area contributed by atoms with Crippen LogP contribution in [0.3, 0.4) is 0 Å². The van der Waals surface area contributed by atoms with Crippen molar-refractivity contribution in [2.24, 2.45) is 5.73 Å². The van der Waals surface area contributed by atoms with Gasteiger partial charge in [-0.1, -0.05) is 0 Å². The van der Waals surface area contributed by atoms with E-state index in [2.05, 4.69) is 10.2 Å². The molecule has 3 rings (SSSR count). The minimum atomic E-state index is -0.675. The summed E-state index contributed by atoms with van der Waals surface area (Å²) in [5, 5.41) is 2.87. The number of hydrogen-bond acceptors (Lipinski definition) is 4. The lowest BCUT2D eigenvalue weighted by atomic mass is 10.1. The molecule has 1 aliphatic heterocycles. The van der Waals surface area contributed by atoms with Gasteiger partial charge in [0.1, 0.15) is 5.75 Å². The van der Waals surface area contributed by atoms with E-state index < -0.39 is 12.0 Å². The summed E-state index contributed by atoms with van der Waals surface area (Å²) < 4.78 is 5.63. The second kappa shape index (κ2) is 8.58. The summed E-state index contributed by atoms with van der Waals surface area (Å²) in [4.78, 5) is 25.8. The van der Waals surface area contributed by atoms with E-state index in [1.807, 2.05) is 24.3 Å². The highest BCUT2D eigenvalue weighted by Crippen LogP contribution is 2.22. The van der Waals surface area contributed by atoms with Crippen LogP contribution < -0.4 is 20.7 Å². The van der Waals surface area contributed by atoms with E-state index in [9.17, 15) is 9.59 Å². The van der Waals surface area contributed by atoms with Gasteiger partial charge in [0.25, 0.3) is 5.91 Å². The number of anilines is 2. The monoisotopic (exact) mass is 367 g/mol. The maximum absolute atomic E-state index is 12.4. The van der Waals surface area contributed by atoms with Crippen LogP contribution in [-0.4, -0.2) is 31.0 Å². The summed E-state index contributed by atoms with van der Waals surface area (Å²) in [6, 6.07) is 14.3. The fourth-order valence-corrected chi connectivity index (χ4v) is 3.11. The zero-order chi connectivity index (χ0) is 19.2. The number of piperidine rings is 1. The van der Waals surface area contributed by atoms with Gasteiger partial charge in [0.15, 0.2) is 6.10 Å².